The summed E-state index contributed by atoms with van der Waals surface area (Å²) >= 11 is 0. The highest BCUT2D eigenvalue weighted by Crippen LogP contribution is 2.35. The number of nitrogens with two attached hydrogens (primary N) is 1. The second-order valence-electron chi connectivity index (χ2n) is 7.28. The lowest BCUT2D eigenvalue weighted by molar-refractivity contribution is 0.1000. The van der Waals surface area contributed by atoms with Crippen LogP contribution in [-0.2, 0) is 0 Å². The third kappa shape index (κ3) is 3.66. The number of primary amides is 1. The SMILES string of the molecule is C[C@@H]1CC(c2ccc(C(N)=O)c(C3=CCCCC3)c2)C[C@@H](C)N1. The van der Waals surface area contributed by atoms with Gasteiger partial charge in [0.1, 0.15) is 0 Å². The number of hydrogen-bond donors (Lipinski definition) is 2. The molecule has 1 amide bonds. The zero-order valence-corrected chi connectivity index (χ0v) is 14.3. The molecule has 1 heterocycles. The van der Waals surface area contributed by atoms with E-state index in [0.717, 1.165) is 31.2 Å². The summed E-state index contributed by atoms with van der Waals surface area (Å²) in [5.41, 5.74) is 10.0. The van der Waals surface area contributed by atoms with Crippen LogP contribution in [0.3, 0.4) is 0 Å². The third-order valence-corrected chi connectivity index (χ3v) is 5.26. The topological polar surface area (TPSA) is 55.1 Å². The molecule has 3 rings (SSSR count). The van der Waals surface area contributed by atoms with E-state index in [9.17, 15) is 4.79 Å². The molecule has 1 fully saturated rings. The van der Waals surface area contributed by atoms with Crippen LogP contribution in [0.4, 0.5) is 0 Å². The summed E-state index contributed by atoms with van der Waals surface area (Å²) in [5, 5.41) is 3.60. The highest BCUT2D eigenvalue weighted by atomic mass is 16.1. The normalized spacial score (nSPS) is 28.3. The largest absolute Gasteiger partial charge is 0.366 e. The van der Waals surface area contributed by atoms with Gasteiger partial charge in [-0.1, -0.05) is 18.2 Å². The number of amides is 1. The molecule has 0 saturated carbocycles. The van der Waals surface area contributed by atoms with Gasteiger partial charge < -0.3 is 11.1 Å². The van der Waals surface area contributed by atoms with E-state index < -0.39 is 0 Å². The highest BCUT2D eigenvalue weighted by Gasteiger charge is 2.25. The van der Waals surface area contributed by atoms with Gasteiger partial charge in [-0.05, 0) is 81.1 Å². The van der Waals surface area contributed by atoms with Crippen LogP contribution in [0.15, 0.2) is 24.3 Å². The van der Waals surface area contributed by atoms with E-state index in [0.29, 0.717) is 23.6 Å². The monoisotopic (exact) mass is 312 g/mol. The van der Waals surface area contributed by atoms with Crippen molar-refractivity contribution in [2.75, 3.05) is 0 Å². The third-order valence-electron chi connectivity index (χ3n) is 5.26. The van der Waals surface area contributed by atoms with Crippen molar-refractivity contribution in [3.05, 3.63) is 41.0 Å². The molecule has 0 bridgehead atoms. The van der Waals surface area contributed by atoms with Crippen LogP contribution in [0.5, 0.6) is 0 Å². The lowest BCUT2D eigenvalue weighted by Crippen LogP contribution is -2.41. The summed E-state index contributed by atoms with van der Waals surface area (Å²) < 4.78 is 0. The molecule has 124 valence electrons. The second-order valence-corrected chi connectivity index (χ2v) is 7.28. The Hall–Kier alpha value is -1.61. The maximum atomic E-state index is 11.8. The summed E-state index contributed by atoms with van der Waals surface area (Å²) in [7, 11) is 0. The minimum atomic E-state index is -0.315. The first kappa shape index (κ1) is 16.3. The number of hydrogen-bond acceptors (Lipinski definition) is 2. The van der Waals surface area contributed by atoms with Gasteiger partial charge in [-0.15, -0.1) is 0 Å². The number of carbonyl (C=O) groups excluding carboxylic acids is 1. The quantitative estimate of drug-likeness (QED) is 0.886. The molecule has 1 aliphatic carbocycles. The fourth-order valence-corrected chi connectivity index (χ4v) is 4.22. The lowest BCUT2D eigenvalue weighted by Gasteiger charge is -2.33. The molecule has 0 unspecified atom stereocenters. The van der Waals surface area contributed by atoms with Crippen molar-refractivity contribution in [3.63, 3.8) is 0 Å². The van der Waals surface area contributed by atoms with E-state index in [4.69, 9.17) is 5.73 Å². The number of rotatable bonds is 3. The van der Waals surface area contributed by atoms with E-state index >= 15 is 0 Å². The van der Waals surface area contributed by atoms with E-state index in [-0.39, 0.29) is 5.91 Å². The van der Waals surface area contributed by atoms with Gasteiger partial charge in [0.2, 0.25) is 5.91 Å². The van der Waals surface area contributed by atoms with Crippen LogP contribution in [0.25, 0.3) is 5.57 Å². The summed E-state index contributed by atoms with van der Waals surface area (Å²) in [6.07, 6.45) is 9.22. The Kier molecular flexibility index (Phi) is 4.86. The predicted molar refractivity (Wildman–Crippen MR) is 95.4 cm³/mol. The van der Waals surface area contributed by atoms with E-state index in [1.165, 1.54) is 24.0 Å². The van der Waals surface area contributed by atoms with E-state index in [1.807, 2.05) is 6.07 Å². The Labute approximate surface area is 139 Å². The Morgan fingerprint density at radius 2 is 1.91 bits per heavy atom. The van der Waals surface area contributed by atoms with Crippen LogP contribution in [0.2, 0.25) is 0 Å². The molecule has 3 N–H and O–H groups in total. The molecule has 2 aliphatic rings. The fraction of sp³-hybridized carbons (Fsp3) is 0.550. The van der Waals surface area contributed by atoms with Crippen LogP contribution >= 0.6 is 0 Å². The van der Waals surface area contributed by atoms with Crippen molar-refractivity contribution in [1.29, 1.82) is 0 Å². The van der Waals surface area contributed by atoms with Crippen LogP contribution < -0.4 is 11.1 Å². The fourth-order valence-electron chi connectivity index (χ4n) is 4.22. The van der Waals surface area contributed by atoms with Gasteiger partial charge in [-0.2, -0.15) is 0 Å². The maximum absolute atomic E-state index is 11.8. The molecular formula is C20H28N2O. The summed E-state index contributed by atoms with van der Waals surface area (Å²) in [4.78, 5) is 11.8. The number of benzene rings is 1. The first-order valence-electron chi connectivity index (χ1n) is 8.94. The molecule has 0 aromatic heterocycles. The Bertz CT molecular complexity index is 610. The van der Waals surface area contributed by atoms with Crippen molar-refractivity contribution in [2.24, 2.45) is 5.73 Å². The van der Waals surface area contributed by atoms with Crippen molar-refractivity contribution in [3.8, 4) is 0 Å². The van der Waals surface area contributed by atoms with Crippen molar-refractivity contribution >= 4 is 11.5 Å². The van der Waals surface area contributed by atoms with Gasteiger partial charge in [0.15, 0.2) is 0 Å². The summed E-state index contributed by atoms with van der Waals surface area (Å²) in [6.45, 7) is 4.51. The van der Waals surface area contributed by atoms with Gasteiger partial charge in [-0.3, -0.25) is 4.79 Å². The number of allylic oxidation sites excluding steroid dienone is 2. The molecule has 1 aliphatic heterocycles. The van der Waals surface area contributed by atoms with Gasteiger partial charge >= 0.3 is 0 Å². The molecule has 2 atom stereocenters. The maximum Gasteiger partial charge on any atom is 0.249 e. The average Bonchev–Trinajstić information content (AvgIpc) is 2.54. The summed E-state index contributed by atoms with van der Waals surface area (Å²) in [5.74, 6) is 0.246. The molecule has 1 saturated heterocycles. The zero-order valence-electron chi connectivity index (χ0n) is 14.3. The summed E-state index contributed by atoms with van der Waals surface area (Å²) in [6, 6.07) is 7.38. The molecule has 23 heavy (non-hydrogen) atoms. The molecule has 1 aromatic carbocycles. The number of nitrogens with one attached hydrogen (secondary N) is 1. The molecule has 1 aromatic rings. The first-order valence-corrected chi connectivity index (χ1v) is 8.94. The van der Waals surface area contributed by atoms with Gasteiger partial charge in [0.25, 0.3) is 0 Å². The van der Waals surface area contributed by atoms with E-state index in [2.05, 4.69) is 37.4 Å². The standard InChI is InChI=1S/C20H28N2O/c1-13-10-17(11-14(2)22-13)16-8-9-18(20(21)23)19(12-16)15-6-4-3-5-7-15/h6,8-9,12-14,17,22H,3-5,7,10-11H2,1-2H3,(H2,21,23)/t13-,14-/m1/s1. The smallest absolute Gasteiger partial charge is 0.249 e. The van der Waals surface area contributed by atoms with Crippen LogP contribution in [0, 0.1) is 0 Å². The number of piperidine rings is 1. The molecule has 3 nitrogen and oxygen atoms in total. The predicted octanol–water partition coefficient (Wildman–Crippen LogP) is 3.99. The van der Waals surface area contributed by atoms with Crippen molar-refractivity contribution in [1.82, 2.24) is 5.32 Å². The minimum Gasteiger partial charge on any atom is -0.366 e. The van der Waals surface area contributed by atoms with Crippen molar-refractivity contribution < 1.29 is 4.79 Å². The van der Waals surface area contributed by atoms with Gasteiger partial charge in [-0.25, -0.2) is 0 Å². The van der Waals surface area contributed by atoms with Crippen molar-refractivity contribution in [2.45, 2.75) is 70.4 Å². The Morgan fingerprint density at radius 3 is 2.52 bits per heavy atom. The molecule has 0 radical (unpaired) electrons. The minimum absolute atomic E-state index is 0.315. The second kappa shape index (κ2) is 6.88. The average molecular weight is 312 g/mol. The lowest BCUT2D eigenvalue weighted by atomic mass is 9.81. The molecular weight excluding hydrogens is 284 g/mol. The van der Waals surface area contributed by atoms with Crippen LogP contribution in [-0.4, -0.2) is 18.0 Å². The zero-order chi connectivity index (χ0) is 16.4. The van der Waals surface area contributed by atoms with E-state index in [1.54, 1.807) is 0 Å². The molecule has 3 heteroatoms. The van der Waals surface area contributed by atoms with Gasteiger partial charge in [0, 0.05) is 17.6 Å². The Morgan fingerprint density at radius 1 is 1.17 bits per heavy atom. The highest BCUT2D eigenvalue weighted by molar-refractivity contribution is 5.98. The molecule has 0 spiro atoms. The Balaban J connectivity index is 1.96. The number of carbonyl (C=O) groups is 1. The first-order chi connectivity index (χ1) is 11.0. The van der Waals surface area contributed by atoms with Gasteiger partial charge in [0.05, 0.1) is 0 Å². The van der Waals surface area contributed by atoms with Crippen LogP contribution in [0.1, 0.15) is 79.8 Å².